The molecule has 0 aliphatic heterocycles. The molecular formula is C15H15NO4S. The van der Waals surface area contributed by atoms with Crippen LogP contribution in [0, 0.1) is 0 Å². The molecule has 0 aliphatic carbocycles. The molecule has 0 atom stereocenters. The number of benzene rings is 1. The van der Waals surface area contributed by atoms with Crippen LogP contribution in [0.3, 0.4) is 0 Å². The maximum Gasteiger partial charge on any atom is 0.338 e. The Morgan fingerprint density at radius 1 is 1.19 bits per heavy atom. The quantitative estimate of drug-likeness (QED) is 0.827. The summed E-state index contributed by atoms with van der Waals surface area (Å²) in [5.74, 6) is 0.923. The van der Waals surface area contributed by atoms with Crippen molar-refractivity contribution in [1.29, 1.82) is 0 Å². The monoisotopic (exact) mass is 305 g/mol. The standard InChI is InChI=1S/C15H15NO4S/c1-19-12-6-3-7-13(20-2)11(12)9-21-14-10(15(17)18)5-4-8-16-14/h3-8H,9H2,1-2H3,(H,17,18). The van der Waals surface area contributed by atoms with Gasteiger partial charge < -0.3 is 14.6 Å². The summed E-state index contributed by atoms with van der Waals surface area (Å²) in [4.78, 5) is 15.3. The van der Waals surface area contributed by atoms with Crippen LogP contribution in [-0.4, -0.2) is 30.3 Å². The molecule has 1 aromatic carbocycles. The van der Waals surface area contributed by atoms with E-state index in [0.29, 0.717) is 22.3 Å². The second-order valence-electron chi connectivity index (χ2n) is 4.09. The van der Waals surface area contributed by atoms with Gasteiger partial charge in [-0.1, -0.05) is 6.07 Å². The summed E-state index contributed by atoms with van der Waals surface area (Å²) < 4.78 is 10.6. The number of carboxylic acids is 1. The molecular weight excluding hydrogens is 290 g/mol. The second kappa shape index (κ2) is 6.99. The molecule has 0 amide bonds. The number of hydrogen-bond donors (Lipinski definition) is 1. The van der Waals surface area contributed by atoms with Crippen molar-refractivity contribution >= 4 is 17.7 Å². The van der Waals surface area contributed by atoms with Crippen molar-refractivity contribution in [2.45, 2.75) is 10.8 Å². The van der Waals surface area contributed by atoms with Gasteiger partial charge in [0.15, 0.2) is 0 Å². The Hall–Kier alpha value is -2.21. The number of aromatic nitrogens is 1. The number of hydrogen-bond acceptors (Lipinski definition) is 5. The Morgan fingerprint density at radius 3 is 2.43 bits per heavy atom. The number of carboxylic acid groups (broad SMARTS) is 1. The predicted octanol–water partition coefficient (Wildman–Crippen LogP) is 3.09. The Bertz CT molecular complexity index is 623. The van der Waals surface area contributed by atoms with Gasteiger partial charge in [-0.3, -0.25) is 0 Å². The molecule has 1 N–H and O–H groups in total. The summed E-state index contributed by atoms with van der Waals surface area (Å²) in [6, 6.07) is 8.67. The van der Waals surface area contributed by atoms with Crippen molar-refractivity contribution in [2.75, 3.05) is 14.2 Å². The molecule has 0 unspecified atom stereocenters. The molecule has 0 bridgehead atoms. The van der Waals surface area contributed by atoms with E-state index in [1.807, 2.05) is 18.2 Å². The van der Waals surface area contributed by atoms with Crippen molar-refractivity contribution in [2.24, 2.45) is 0 Å². The van der Waals surface area contributed by atoms with Crippen LogP contribution in [0.1, 0.15) is 15.9 Å². The normalized spacial score (nSPS) is 10.2. The summed E-state index contributed by atoms with van der Waals surface area (Å²) in [7, 11) is 3.18. The maximum absolute atomic E-state index is 11.2. The first-order valence-electron chi connectivity index (χ1n) is 6.18. The summed E-state index contributed by atoms with van der Waals surface area (Å²) in [5, 5.41) is 9.63. The Balaban J connectivity index is 2.26. The zero-order valence-corrected chi connectivity index (χ0v) is 12.5. The summed E-state index contributed by atoms with van der Waals surface area (Å²) in [6.07, 6.45) is 1.58. The third kappa shape index (κ3) is 3.46. The molecule has 6 heteroatoms. The van der Waals surface area contributed by atoms with Gasteiger partial charge in [0.2, 0.25) is 0 Å². The molecule has 2 rings (SSSR count). The first-order valence-corrected chi connectivity index (χ1v) is 7.17. The second-order valence-corrected chi connectivity index (χ2v) is 5.06. The lowest BCUT2D eigenvalue weighted by atomic mass is 10.2. The first-order chi connectivity index (χ1) is 10.2. The molecule has 0 saturated carbocycles. The highest BCUT2D eigenvalue weighted by Crippen LogP contribution is 2.34. The van der Waals surface area contributed by atoms with Crippen LogP contribution in [0.15, 0.2) is 41.6 Å². The lowest BCUT2D eigenvalue weighted by molar-refractivity contribution is 0.0692. The summed E-state index contributed by atoms with van der Waals surface area (Å²) in [5.41, 5.74) is 1.06. The molecule has 1 heterocycles. The van der Waals surface area contributed by atoms with Crippen molar-refractivity contribution in [1.82, 2.24) is 4.98 Å². The van der Waals surface area contributed by atoms with Gasteiger partial charge in [-0.25, -0.2) is 9.78 Å². The molecule has 0 spiro atoms. The fourth-order valence-corrected chi connectivity index (χ4v) is 2.89. The van der Waals surface area contributed by atoms with Gasteiger partial charge in [-0.05, 0) is 24.3 Å². The maximum atomic E-state index is 11.2. The van der Waals surface area contributed by atoms with Gasteiger partial charge in [-0.2, -0.15) is 0 Å². The molecule has 1 aromatic heterocycles. The number of aromatic carboxylic acids is 1. The molecule has 2 aromatic rings. The SMILES string of the molecule is COc1cccc(OC)c1CSc1ncccc1C(=O)O. The van der Waals surface area contributed by atoms with E-state index < -0.39 is 5.97 Å². The number of rotatable bonds is 6. The minimum absolute atomic E-state index is 0.191. The third-order valence-corrected chi connectivity index (χ3v) is 3.92. The lowest BCUT2D eigenvalue weighted by Gasteiger charge is -2.12. The molecule has 0 saturated heterocycles. The lowest BCUT2D eigenvalue weighted by Crippen LogP contribution is -2.01. The van der Waals surface area contributed by atoms with Crippen molar-refractivity contribution in [3.05, 3.63) is 47.7 Å². The Kier molecular flexibility index (Phi) is 5.05. The zero-order valence-electron chi connectivity index (χ0n) is 11.7. The fraction of sp³-hybridized carbons (Fsp3) is 0.200. The molecule has 110 valence electrons. The van der Waals surface area contributed by atoms with Crippen molar-refractivity contribution < 1.29 is 19.4 Å². The smallest absolute Gasteiger partial charge is 0.338 e. The molecule has 0 aliphatic rings. The van der Waals surface area contributed by atoms with Gasteiger partial charge in [0.25, 0.3) is 0 Å². The number of carbonyl (C=O) groups is 1. The van der Waals surface area contributed by atoms with Crippen molar-refractivity contribution in [3.8, 4) is 11.5 Å². The van der Waals surface area contributed by atoms with E-state index in [0.717, 1.165) is 5.56 Å². The average molecular weight is 305 g/mol. The Morgan fingerprint density at radius 2 is 1.86 bits per heavy atom. The van der Waals surface area contributed by atoms with E-state index >= 15 is 0 Å². The number of nitrogens with zero attached hydrogens (tertiary/aromatic N) is 1. The molecule has 21 heavy (non-hydrogen) atoms. The highest BCUT2D eigenvalue weighted by atomic mass is 32.2. The number of thioether (sulfide) groups is 1. The van der Waals surface area contributed by atoms with Gasteiger partial charge in [0, 0.05) is 17.5 Å². The molecule has 5 nitrogen and oxygen atoms in total. The van der Waals surface area contributed by atoms with Crippen LogP contribution in [0.4, 0.5) is 0 Å². The van der Waals surface area contributed by atoms with Gasteiger partial charge in [0.1, 0.15) is 16.5 Å². The average Bonchev–Trinajstić information content (AvgIpc) is 2.52. The van der Waals surface area contributed by atoms with E-state index in [1.54, 1.807) is 26.5 Å². The third-order valence-electron chi connectivity index (χ3n) is 2.88. The van der Waals surface area contributed by atoms with Gasteiger partial charge >= 0.3 is 5.97 Å². The van der Waals surface area contributed by atoms with E-state index in [1.165, 1.54) is 17.8 Å². The minimum Gasteiger partial charge on any atom is -0.496 e. The highest BCUT2D eigenvalue weighted by molar-refractivity contribution is 7.98. The topological polar surface area (TPSA) is 68.7 Å². The van der Waals surface area contributed by atoms with Crippen LogP contribution < -0.4 is 9.47 Å². The van der Waals surface area contributed by atoms with Crippen LogP contribution >= 0.6 is 11.8 Å². The van der Waals surface area contributed by atoms with Crippen LogP contribution in [-0.2, 0) is 5.75 Å². The summed E-state index contributed by atoms with van der Waals surface area (Å²) >= 11 is 1.34. The zero-order chi connectivity index (χ0) is 15.2. The number of ether oxygens (including phenoxy) is 2. The van der Waals surface area contributed by atoms with Crippen molar-refractivity contribution in [3.63, 3.8) is 0 Å². The van der Waals surface area contributed by atoms with Gasteiger partial charge in [-0.15, -0.1) is 11.8 Å². The first kappa shape index (κ1) is 15.2. The van der Waals surface area contributed by atoms with Crippen LogP contribution in [0.25, 0.3) is 0 Å². The minimum atomic E-state index is -0.988. The molecule has 0 radical (unpaired) electrons. The predicted molar refractivity (Wildman–Crippen MR) is 80.3 cm³/mol. The van der Waals surface area contributed by atoms with E-state index in [-0.39, 0.29) is 5.56 Å². The Labute approximate surface area is 126 Å². The van der Waals surface area contributed by atoms with E-state index in [2.05, 4.69) is 4.98 Å². The number of pyridine rings is 1. The van der Waals surface area contributed by atoms with E-state index in [4.69, 9.17) is 14.6 Å². The number of methoxy groups -OCH3 is 2. The van der Waals surface area contributed by atoms with E-state index in [9.17, 15) is 4.79 Å². The molecule has 0 fully saturated rings. The highest BCUT2D eigenvalue weighted by Gasteiger charge is 2.14. The largest absolute Gasteiger partial charge is 0.496 e. The van der Waals surface area contributed by atoms with Gasteiger partial charge in [0.05, 0.1) is 19.8 Å². The summed E-state index contributed by atoms with van der Waals surface area (Å²) in [6.45, 7) is 0. The van der Waals surface area contributed by atoms with Crippen LogP contribution in [0.5, 0.6) is 11.5 Å². The van der Waals surface area contributed by atoms with Crippen LogP contribution in [0.2, 0.25) is 0 Å². The fourth-order valence-electron chi connectivity index (χ4n) is 1.88.